The van der Waals surface area contributed by atoms with Crippen molar-refractivity contribution >= 4 is 0 Å². The predicted molar refractivity (Wildman–Crippen MR) is 87.9 cm³/mol. The third-order valence-corrected chi connectivity index (χ3v) is 4.63. The second-order valence-electron chi connectivity index (χ2n) is 6.01. The van der Waals surface area contributed by atoms with Crippen LogP contribution in [0.5, 0.6) is 11.5 Å². The van der Waals surface area contributed by atoms with E-state index in [9.17, 15) is 10.2 Å². The van der Waals surface area contributed by atoms with Crippen LogP contribution in [0.4, 0.5) is 0 Å². The number of aliphatic hydroxyl groups excluding tert-OH is 1. The van der Waals surface area contributed by atoms with Gasteiger partial charge in [0.1, 0.15) is 5.60 Å². The fourth-order valence-electron chi connectivity index (χ4n) is 3.36. The summed E-state index contributed by atoms with van der Waals surface area (Å²) in [6.45, 7) is 0. The summed E-state index contributed by atoms with van der Waals surface area (Å²) in [5.41, 5.74) is 1.37. The normalized spacial score (nSPS) is 23.2. The highest BCUT2D eigenvalue weighted by molar-refractivity contribution is 5.51. The van der Waals surface area contributed by atoms with Gasteiger partial charge in [-0.2, -0.15) is 0 Å². The molecule has 0 amide bonds. The first-order chi connectivity index (χ1) is 11.1. The van der Waals surface area contributed by atoms with Crippen molar-refractivity contribution in [2.24, 2.45) is 0 Å². The van der Waals surface area contributed by atoms with E-state index < -0.39 is 11.7 Å². The van der Waals surface area contributed by atoms with E-state index in [0.717, 1.165) is 16.7 Å². The number of aliphatic hydroxyl groups is 2. The predicted octanol–water partition coefficient (Wildman–Crippen LogP) is 2.44. The third-order valence-electron chi connectivity index (χ3n) is 4.63. The molecule has 0 spiro atoms. The van der Waals surface area contributed by atoms with Gasteiger partial charge in [-0.1, -0.05) is 30.3 Å². The van der Waals surface area contributed by atoms with Crippen LogP contribution in [0.1, 0.15) is 23.1 Å². The second kappa shape index (κ2) is 6.22. The van der Waals surface area contributed by atoms with Crippen molar-refractivity contribution in [3.63, 3.8) is 0 Å². The van der Waals surface area contributed by atoms with Gasteiger partial charge in [-0.05, 0) is 41.7 Å². The molecule has 0 fully saturated rings. The molecule has 1 aliphatic carbocycles. The largest absolute Gasteiger partial charge is 0.493 e. The molecule has 0 aliphatic heterocycles. The van der Waals surface area contributed by atoms with Gasteiger partial charge in [-0.3, -0.25) is 0 Å². The van der Waals surface area contributed by atoms with Gasteiger partial charge in [0, 0.05) is 6.42 Å². The molecule has 1 aliphatic rings. The Balaban J connectivity index is 2.08. The van der Waals surface area contributed by atoms with Crippen LogP contribution in [0.15, 0.2) is 42.5 Å². The Morgan fingerprint density at radius 2 is 1.74 bits per heavy atom. The number of rotatable bonds is 4. The fraction of sp³-hybridized carbons (Fsp3) is 0.368. The van der Waals surface area contributed by atoms with Gasteiger partial charge in [-0.25, -0.2) is 0 Å². The van der Waals surface area contributed by atoms with E-state index in [1.165, 1.54) is 0 Å². The van der Waals surface area contributed by atoms with Gasteiger partial charge in [0.25, 0.3) is 0 Å². The number of fused-ring (bicyclic) bond motifs is 1. The summed E-state index contributed by atoms with van der Waals surface area (Å²) in [6, 6.07) is 13.4. The topological polar surface area (TPSA) is 58.9 Å². The summed E-state index contributed by atoms with van der Waals surface area (Å²) in [6.07, 6.45) is 0.769. The molecule has 0 aromatic heterocycles. The molecular weight excluding hydrogens is 292 g/mol. The Morgan fingerprint density at radius 1 is 1.09 bits per heavy atom. The van der Waals surface area contributed by atoms with E-state index in [1.54, 1.807) is 20.3 Å². The minimum atomic E-state index is -1.32. The van der Waals surface area contributed by atoms with Crippen LogP contribution in [0.25, 0.3) is 0 Å². The Labute approximate surface area is 136 Å². The average molecular weight is 314 g/mol. The molecule has 4 nitrogen and oxygen atoms in total. The van der Waals surface area contributed by atoms with E-state index in [1.807, 2.05) is 36.4 Å². The summed E-state index contributed by atoms with van der Waals surface area (Å²) >= 11 is 0. The van der Waals surface area contributed by atoms with Crippen molar-refractivity contribution in [2.45, 2.75) is 31.0 Å². The monoisotopic (exact) mass is 314 g/mol. The van der Waals surface area contributed by atoms with E-state index >= 15 is 0 Å². The second-order valence-corrected chi connectivity index (χ2v) is 6.01. The number of hydrogen-bond donors (Lipinski definition) is 2. The van der Waals surface area contributed by atoms with Crippen molar-refractivity contribution in [1.29, 1.82) is 0 Å². The van der Waals surface area contributed by atoms with Crippen molar-refractivity contribution < 1.29 is 19.7 Å². The molecule has 2 N–H and O–H groups in total. The molecular formula is C19H22O4. The van der Waals surface area contributed by atoms with Crippen molar-refractivity contribution in [2.75, 3.05) is 14.2 Å². The molecule has 0 radical (unpaired) electrons. The van der Waals surface area contributed by atoms with Crippen molar-refractivity contribution in [3.05, 3.63) is 59.2 Å². The molecule has 3 rings (SSSR count). The van der Waals surface area contributed by atoms with Crippen LogP contribution in [-0.4, -0.2) is 30.5 Å². The molecule has 2 aromatic rings. The van der Waals surface area contributed by atoms with E-state index in [0.29, 0.717) is 30.8 Å². The maximum absolute atomic E-state index is 11.3. The van der Waals surface area contributed by atoms with Crippen molar-refractivity contribution in [1.82, 2.24) is 0 Å². The Bertz CT molecular complexity index is 683. The van der Waals surface area contributed by atoms with Gasteiger partial charge in [0.05, 0.1) is 20.3 Å². The first kappa shape index (κ1) is 15.8. The molecule has 0 heterocycles. The van der Waals surface area contributed by atoms with E-state index in [4.69, 9.17) is 9.47 Å². The number of benzene rings is 2. The van der Waals surface area contributed by atoms with Gasteiger partial charge in [0.2, 0.25) is 0 Å². The van der Waals surface area contributed by atoms with Gasteiger partial charge in [0.15, 0.2) is 11.5 Å². The highest BCUT2D eigenvalue weighted by Gasteiger charge is 2.42. The Morgan fingerprint density at radius 3 is 2.39 bits per heavy atom. The maximum atomic E-state index is 11.3. The highest BCUT2D eigenvalue weighted by atomic mass is 16.5. The van der Waals surface area contributed by atoms with Crippen LogP contribution in [0, 0.1) is 0 Å². The summed E-state index contributed by atoms with van der Waals surface area (Å²) in [5, 5.41) is 21.8. The zero-order valence-electron chi connectivity index (χ0n) is 13.5. The van der Waals surface area contributed by atoms with Crippen LogP contribution in [-0.2, 0) is 18.4 Å². The maximum Gasteiger partial charge on any atom is 0.161 e. The Kier molecular flexibility index (Phi) is 4.28. The molecule has 122 valence electrons. The standard InChI is InChI=1S/C19H22O4/c1-22-16-10-14-8-9-18(20)19(21,15(14)11-17(16)23-2)12-13-6-4-3-5-7-13/h3-7,10-11,18,20-21H,8-9,12H2,1-2H3. The molecule has 0 saturated heterocycles. The summed E-state index contributed by atoms with van der Waals surface area (Å²) < 4.78 is 10.7. The molecule has 4 heteroatoms. The van der Waals surface area contributed by atoms with E-state index in [2.05, 4.69) is 0 Å². The van der Waals surface area contributed by atoms with Crippen LogP contribution in [0.3, 0.4) is 0 Å². The SMILES string of the molecule is COc1cc2c(cc1OC)C(O)(Cc1ccccc1)C(O)CC2. The van der Waals surface area contributed by atoms with E-state index in [-0.39, 0.29) is 0 Å². The smallest absolute Gasteiger partial charge is 0.161 e. The fourth-order valence-corrected chi connectivity index (χ4v) is 3.36. The molecule has 0 saturated carbocycles. The number of hydrogen-bond acceptors (Lipinski definition) is 4. The van der Waals surface area contributed by atoms with Gasteiger partial charge in [-0.15, -0.1) is 0 Å². The van der Waals surface area contributed by atoms with Crippen LogP contribution >= 0.6 is 0 Å². The molecule has 0 bridgehead atoms. The van der Waals surface area contributed by atoms with Gasteiger partial charge < -0.3 is 19.7 Å². The van der Waals surface area contributed by atoms with Gasteiger partial charge >= 0.3 is 0 Å². The minimum Gasteiger partial charge on any atom is -0.493 e. The van der Waals surface area contributed by atoms with Crippen LogP contribution < -0.4 is 9.47 Å². The lowest BCUT2D eigenvalue weighted by molar-refractivity contribution is -0.0900. The molecule has 2 atom stereocenters. The summed E-state index contributed by atoms with van der Waals surface area (Å²) in [4.78, 5) is 0. The lowest BCUT2D eigenvalue weighted by Crippen LogP contribution is -2.45. The molecule has 2 aromatic carbocycles. The summed E-state index contributed by atoms with van der Waals surface area (Å²) in [7, 11) is 3.16. The lowest BCUT2D eigenvalue weighted by Gasteiger charge is -2.39. The Hall–Kier alpha value is -2.04. The number of ether oxygens (including phenoxy) is 2. The first-order valence-electron chi connectivity index (χ1n) is 7.78. The first-order valence-corrected chi connectivity index (χ1v) is 7.78. The lowest BCUT2D eigenvalue weighted by atomic mass is 9.73. The number of aryl methyl sites for hydroxylation is 1. The van der Waals surface area contributed by atoms with Crippen molar-refractivity contribution in [3.8, 4) is 11.5 Å². The average Bonchev–Trinajstić information content (AvgIpc) is 2.58. The highest BCUT2D eigenvalue weighted by Crippen LogP contribution is 2.43. The third kappa shape index (κ3) is 2.80. The molecule has 23 heavy (non-hydrogen) atoms. The quantitative estimate of drug-likeness (QED) is 0.910. The summed E-state index contributed by atoms with van der Waals surface area (Å²) in [5.74, 6) is 1.21. The van der Waals surface area contributed by atoms with Crippen LogP contribution in [0.2, 0.25) is 0 Å². The minimum absolute atomic E-state index is 0.359. The number of methoxy groups -OCH3 is 2. The zero-order valence-corrected chi connectivity index (χ0v) is 13.5. The zero-order chi connectivity index (χ0) is 16.4. The molecule has 2 unspecified atom stereocenters.